The van der Waals surface area contributed by atoms with E-state index in [1.807, 2.05) is 12.4 Å². The summed E-state index contributed by atoms with van der Waals surface area (Å²) in [5, 5.41) is 0. The summed E-state index contributed by atoms with van der Waals surface area (Å²) >= 11 is 0. The van der Waals surface area contributed by atoms with Gasteiger partial charge in [-0.3, -0.25) is 0 Å². The van der Waals surface area contributed by atoms with Gasteiger partial charge >= 0.3 is 0 Å². The first-order valence-electron chi connectivity index (χ1n) is 6.56. The molecule has 0 N–H and O–H groups in total. The third kappa shape index (κ3) is 2.93. The molecule has 0 bridgehead atoms. The minimum Gasteiger partial charge on any atom is -0.329 e. The standard InChI is InChI=1S/C14H19N3.BrH/c1-4-8-16(9-5-1)10-11-17-12-15-13-6-2-3-7-14(13)17;/h2-3,6-7,12H,1,4-5,8-11H2;1H. The van der Waals surface area contributed by atoms with Crippen molar-refractivity contribution in [3.8, 4) is 0 Å². The van der Waals surface area contributed by atoms with Crippen LogP contribution in [0.15, 0.2) is 30.6 Å². The van der Waals surface area contributed by atoms with E-state index in [1.54, 1.807) is 0 Å². The molecule has 0 amide bonds. The maximum Gasteiger partial charge on any atom is 0.0958 e. The summed E-state index contributed by atoms with van der Waals surface area (Å²) in [5.74, 6) is 0. The third-order valence-corrected chi connectivity index (χ3v) is 3.63. The number of hydrogen-bond donors (Lipinski definition) is 0. The van der Waals surface area contributed by atoms with Gasteiger partial charge in [0.05, 0.1) is 17.4 Å². The summed E-state index contributed by atoms with van der Waals surface area (Å²) < 4.78 is 2.27. The molecular weight excluding hydrogens is 290 g/mol. The molecule has 0 unspecified atom stereocenters. The quantitative estimate of drug-likeness (QED) is 0.868. The van der Waals surface area contributed by atoms with Crippen LogP contribution in [-0.4, -0.2) is 34.1 Å². The Morgan fingerprint density at radius 1 is 1.00 bits per heavy atom. The molecule has 1 fully saturated rings. The number of benzene rings is 1. The zero-order valence-electron chi connectivity index (χ0n) is 10.6. The van der Waals surface area contributed by atoms with Crippen molar-refractivity contribution in [3.05, 3.63) is 30.6 Å². The number of aromatic nitrogens is 2. The number of halogens is 1. The number of fused-ring (bicyclic) bond motifs is 1. The van der Waals surface area contributed by atoms with Crippen LogP contribution in [0.25, 0.3) is 11.0 Å². The molecule has 3 nitrogen and oxygen atoms in total. The van der Waals surface area contributed by atoms with Crippen molar-refractivity contribution in [1.29, 1.82) is 0 Å². The molecule has 4 heteroatoms. The molecule has 0 saturated carbocycles. The number of piperidine rings is 1. The van der Waals surface area contributed by atoms with Crippen LogP contribution in [0.4, 0.5) is 0 Å². The second-order valence-electron chi connectivity index (χ2n) is 4.83. The smallest absolute Gasteiger partial charge is 0.0958 e. The molecule has 3 rings (SSSR count). The van der Waals surface area contributed by atoms with Crippen LogP contribution in [0.1, 0.15) is 19.3 Å². The van der Waals surface area contributed by atoms with Crippen LogP contribution in [0.5, 0.6) is 0 Å². The van der Waals surface area contributed by atoms with E-state index in [9.17, 15) is 0 Å². The molecule has 98 valence electrons. The van der Waals surface area contributed by atoms with Gasteiger partial charge in [-0.2, -0.15) is 0 Å². The zero-order valence-corrected chi connectivity index (χ0v) is 12.3. The fraction of sp³-hybridized carbons (Fsp3) is 0.500. The lowest BCUT2D eigenvalue weighted by molar-refractivity contribution is 0.221. The molecule has 2 heterocycles. The number of rotatable bonds is 3. The van der Waals surface area contributed by atoms with E-state index < -0.39 is 0 Å². The van der Waals surface area contributed by atoms with Crippen molar-refractivity contribution in [2.45, 2.75) is 25.8 Å². The molecule has 0 atom stereocenters. The second-order valence-corrected chi connectivity index (χ2v) is 4.83. The van der Waals surface area contributed by atoms with Crippen molar-refractivity contribution in [1.82, 2.24) is 14.5 Å². The summed E-state index contributed by atoms with van der Waals surface area (Å²) in [6, 6.07) is 8.36. The highest BCUT2D eigenvalue weighted by atomic mass is 79.9. The Balaban J connectivity index is 0.00000120. The topological polar surface area (TPSA) is 21.1 Å². The van der Waals surface area contributed by atoms with E-state index in [-0.39, 0.29) is 17.0 Å². The highest BCUT2D eigenvalue weighted by molar-refractivity contribution is 8.93. The van der Waals surface area contributed by atoms with Gasteiger partial charge in [0.25, 0.3) is 0 Å². The fourth-order valence-electron chi connectivity index (χ4n) is 2.62. The van der Waals surface area contributed by atoms with Gasteiger partial charge in [0.15, 0.2) is 0 Å². The Hall–Kier alpha value is -0.870. The fourth-order valence-corrected chi connectivity index (χ4v) is 2.62. The van der Waals surface area contributed by atoms with Crippen LogP contribution >= 0.6 is 17.0 Å². The van der Waals surface area contributed by atoms with Gasteiger partial charge in [0.2, 0.25) is 0 Å². The van der Waals surface area contributed by atoms with Crippen molar-refractivity contribution in [2.75, 3.05) is 19.6 Å². The number of para-hydroxylation sites is 2. The molecular formula is C14H20BrN3. The number of nitrogens with zero attached hydrogens (tertiary/aromatic N) is 3. The molecule has 1 aliphatic heterocycles. The van der Waals surface area contributed by atoms with E-state index in [4.69, 9.17) is 0 Å². The molecule has 0 spiro atoms. The minimum absolute atomic E-state index is 0. The Bertz CT molecular complexity index is 488. The summed E-state index contributed by atoms with van der Waals surface area (Å²) in [6.07, 6.45) is 6.11. The predicted octanol–water partition coefficient (Wildman–Crippen LogP) is 3.10. The van der Waals surface area contributed by atoms with Gasteiger partial charge in [-0.15, -0.1) is 17.0 Å². The molecule has 1 saturated heterocycles. The van der Waals surface area contributed by atoms with Crippen molar-refractivity contribution >= 4 is 28.0 Å². The van der Waals surface area contributed by atoms with E-state index in [2.05, 4.69) is 32.7 Å². The van der Waals surface area contributed by atoms with Crippen molar-refractivity contribution in [2.24, 2.45) is 0 Å². The lowest BCUT2D eigenvalue weighted by Crippen LogP contribution is -2.32. The van der Waals surface area contributed by atoms with Gasteiger partial charge in [-0.05, 0) is 38.1 Å². The van der Waals surface area contributed by atoms with E-state index in [0.717, 1.165) is 18.6 Å². The summed E-state index contributed by atoms with van der Waals surface area (Å²) in [6.45, 7) is 4.75. The maximum atomic E-state index is 4.43. The van der Waals surface area contributed by atoms with Gasteiger partial charge in [-0.1, -0.05) is 18.6 Å². The van der Waals surface area contributed by atoms with Crippen molar-refractivity contribution in [3.63, 3.8) is 0 Å². The minimum atomic E-state index is 0. The Labute approximate surface area is 119 Å². The van der Waals surface area contributed by atoms with Crippen LogP contribution < -0.4 is 0 Å². The molecule has 0 aliphatic carbocycles. The van der Waals surface area contributed by atoms with Gasteiger partial charge in [0, 0.05) is 13.1 Å². The number of imidazole rings is 1. The maximum absolute atomic E-state index is 4.43. The average Bonchev–Trinajstić information content (AvgIpc) is 2.81. The summed E-state index contributed by atoms with van der Waals surface area (Å²) in [5.41, 5.74) is 2.36. The number of hydrogen-bond acceptors (Lipinski definition) is 2. The van der Waals surface area contributed by atoms with E-state index in [1.165, 1.54) is 37.9 Å². The molecule has 2 aromatic rings. The summed E-state index contributed by atoms with van der Waals surface area (Å²) in [7, 11) is 0. The third-order valence-electron chi connectivity index (χ3n) is 3.63. The number of likely N-dealkylation sites (tertiary alicyclic amines) is 1. The predicted molar refractivity (Wildman–Crippen MR) is 80.3 cm³/mol. The van der Waals surface area contributed by atoms with Crippen LogP contribution in [0.2, 0.25) is 0 Å². The normalized spacial score (nSPS) is 16.7. The molecule has 0 radical (unpaired) electrons. The monoisotopic (exact) mass is 309 g/mol. The Kier molecular flexibility index (Phi) is 4.78. The van der Waals surface area contributed by atoms with Crippen LogP contribution in [-0.2, 0) is 6.54 Å². The first-order chi connectivity index (χ1) is 8.43. The second kappa shape index (κ2) is 6.34. The van der Waals surface area contributed by atoms with E-state index >= 15 is 0 Å². The molecule has 1 aliphatic rings. The lowest BCUT2D eigenvalue weighted by atomic mass is 10.1. The van der Waals surface area contributed by atoms with Crippen LogP contribution in [0.3, 0.4) is 0 Å². The highest BCUT2D eigenvalue weighted by Crippen LogP contribution is 2.13. The van der Waals surface area contributed by atoms with Gasteiger partial charge in [-0.25, -0.2) is 4.98 Å². The van der Waals surface area contributed by atoms with Gasteiger partial charge in [0.1, 0.15) is 0 Å². The summed E-state index contributed by atoms with van der Waals surface area (Å²) in [4.78, 5) is 6.99. The van der Waals surface area contributed by atoms with Crippen molar-refractivity contribution < 1.29 is 0 Å². The Morgan fingerprint density at radius 2 is 1.78 bits per heavy atom. The molecule has 1 aromatic heterocycles. The SMILES string of the molecule is Br.c1ccc2c(c1)ncn2CCN1CCCCC1. The highest BCUT2D eigenvalue weighted by Gasteiger charge is 2.10. The largest absolute Gasteiger partial charge is 0.329 e. The first kappa shape index (κ1) is 13.6. The lowest BCUT2D eigenvalue weighted by Gasteiger charge is -2.26. The molecule has 1 aromatic carbocycles. The van der Waals surface area contributed by atoms with Crippen LogP contribution in [0, 0.1) is 0 Å². The zero-order chi connectivity index (χ0) is 11.5. The van der Waals surface area contributed by atoms with Gasteiger partial charge < -0.3 is 9.47 Å². The molecule has 18 heavy (non-hydrogen) atoms. The first-order valence-corrected chi connectivity index (χ1v) is 6.56. The van der Waals surface area contributed by atoms with E-state index in [0.29, 0.717) is 0 Å². The Morgan fingerprint density at radius 3 is 2.61 bits per heavy atom. The average molecular weight is 310 g/mol.